The fraction of sp³-hybridized carbons (Fsp3) is 0.421. The molecule has 0 unspecified atom stereocenters. The molecule has 0 N–H and O–H groups in total. The first-order chi connectivity index (χ1) is 12.5. The molecule has 2 rings (SSSR count). The van der Waals surface area contributed by atoms with Crippen molar-refractivity contribution in [3.05, 3.63) is 42.3 Å². The van der Waals surface area contributed by atoms with Gasteiger partial charge in [-0.15, -0.1) is 10.2 Å². The van der Waals surface area contributed by atoms with Gasteiger partial charge >= 0.3 is 5.97 Å². The van der Waals surface area contributed by atoms with Crippen molar-refractivity contribution < 1.29 is 23.4 Å². The molecular formula is C19H26N2O5. The third kappa shape index (κ3) is 7.48. The van der Waals surface area contributed by atoms with Crippen LogP contribution in [-0.4, -0.2) is 43.6 Å². The lowest BCUT2D eigenvalue weighted by Crippen LogP contribution is -2.02. The molecule has 1 aromatic heterocycles. The van der Waals surface area contributed by atoms with E-state index in [1.54, 1.807) is 21.1 Å². The summed E-state index contributed by atoms with van der Waals surface area (Å²) in [4.78, 5) is 10.5. The number of hydrogen-bond acceptors (Lipinski definition) is 7. The first-order valence-corrected chi connectivity index (χ1v) is 8.25. The van der Waals surface area contributed by atoms with Crippen molar-refractivity contribution in [1.29, 1.82) is 0 Å². The molecule has 0 saturated carbocycles. The van der Waals surface area contributed by atoms with Gasteiger partial charge in [0.1, 0.15) is 5.75 Å². The molecule has 26 heavy (non-hydrogen) atoms. The number of aromatic nitrogens is 2. The second kappa shape index (κ2) is 11.8. The number of benzene rings is 1. The number of methoxy groups -OCH3 is 2. The topological polar surface area (TPSA) is 83.7 Å². The second-order valence-electron chi connectivity index (χ2n) is 5.40. The molecule has 0 aliphatic heterocycles. The Hall–Kier alpha value is -2.67. The van der Waals surface area contributed by atoms with Crippen molar-refractivity contribution in [3.8, 4) is 17.2 Å². The molecule has 0 fully saturated rings. The van der Waals surface area contributed by atoms with Crippen molar-refractivity contribution in [2.75, 3.05) is 27.4 Å². The molecule has 0 aliphatic carbocycles. The van der Waals surface area contributed by atoms with Crippen LogP contribution in [0.1, 0.15) is 24.3 Å². The van der Waals surface area contributed by atoms with E-state index in [-0.39, 0.29) is 5.97 Å². The Bertz CT molecular complexity index is 697. The molecule has 0 amide bonds. The van der Waals surface area contributed by atoms with Crippen LogP contribution >= 0.6 is 0 Å². The molecular weight excluding hydrogens is 336 g/mol. The monoisotopic (exact) mass is 362 g/mol. The maximum absolute atomic E-state index is 10.5. The van der Waals surface area contributed by atoms with Crippen molar-refractivity contribution in [3.63, 3.8) is 0 Å². The van der Waals surface area contributed by atoms with E-state index in [9.17, 15) is 4.79 Å². The lowest BCUT2D eigenvalue weighted by molar-refractivity contribution is -0.137. The summed E-state index contributed by atoms with van der Waals surface area (Å²) in [7, 11) is 3.28. The summed E-state index contributed by atoms with van der Waals surface area (Å²) < 4.78 is 20.2. The first-order valence-electron chi connectivity index (χ1n) is 8.25. The van der Waals surface area contributed by atoms with Gasteiger partial charge in [0.25, 0.3) is 5.89 Å². The van der Waals surface area contributed by atoms with Crippen LogP contribution in [0.3, 0.4) is 0 Å². The van der Waals surface area contributed by atoms with Gasteiger partial charge < -0.3 is 18.6 Å². The fourth-order valence-electron chi connectivity index (χ4n) is 1.96. The number of unbranched alkanes of at least 4 members (excludes halogenated alkanes) is 1. The van der Waals surface area contributed by atoms with E-state index in [1.807, 2.05) is 25.1 Å². The van der Waals surface area contributed by atoms with Crippen LogP contribution in [0.25, 0.3) is 11.5 Å². The van der Waals surface area contributed by atoms with Crippen molar-refractivity contribution in [2.24, 2.45) is 0 Å². The molecule has 1 heterocycles. The van der Waals surface area contributed by atoms with Gasteiger partial charge in [-0.3, -0.25) is 0 Å². The maximum Gasteiger partial charge on any atom is 0.330 e. The Kier molecular flexibility index (Phi) is 9.71. The summed E-state index contributed by atoms with van der Waals surface area (Å²) in [5, 5.41) is 7.75. The molecule has 7 heteroatoms. The van der Waals surface area contributed by atoms with Crippen LogP contribution in [-0.2, 0) is 14.3 Å². The zero-order valence-electron chi connectivity index (χ0n) is 15.8. The Morgan fingerprint density at radius 2 is 1.92 bits per heavy atom. The minimum absolute atomic E-state index is 0.359. The molecule has 7 nitrogen and oxygen atoms in total. The lowest BCUT2D eigenvalue weighted by atomic mass is 10.1. The van der Waals surface area contributed by atoms with E-state index in [0.29, 0.717) is 25.0 Å². The molecule has 0 bridgehead atoms. The molecule has 142 valence electrons. The summed E-state index contributed by atoms with van der Waals surface area (Å²) in [6.07, 6.45) is 2.92. The number of aryl methyl sites for hydroxylation is 2. The quantitative estimate of drug-likeness (QED) is 0.404. The highest BCUT2D eigenvalue weighted by molar-refractivity contribution is 5.81. The van der Waals surface area contributed by atoms with Gasteiger partial charge in [0.2, 0.25) is 5.89 Å². The smallest absolute Gasteiger partial charge is 0.330 e. The summed E-state index contributed by atoms with van der Waals surface area (Å²) >= 11 is 0. The molecule has 0 radical (unpaired) electrons. The van der Waals surface area contributed by atoms with Gasteiger partial charge in [-0.1, -0.05) is 12.6 Å². The SMILES string of the molecule is C=CC(=O)OCCCCOC.COc1cc(C)ccc1-c1nnc(C)o1. The molecule has 0 aliphatic rings. The van der Waals surface area contributed by atoms with Crippen LogP contribution in [0.15, 0.2) is 35.3 Å². The highest BCUT2D eigenvalue weighted by Gasteiger charge is 2.11. The zero-order valence-corrected chi connectivity index (χ0v) is 15.8. The first kappa shape index (κ1) is 21.4. The van der Waals surface area contributed by atoms with Crippen molar-refractivity contribution in [1.82, 2.24) is 10.2 Å². The second-order valence-corrected chi connectivity index (χ2v) is 5.40. The summed E-state index contributed by atoms with van der Waals surface area (Å²) in [6.45, 7) is 8.21. The third-order valence-corrected chi connectivity index (χ3v) is 3.27. The average molecular weight is 362 g/mol. The Labute approximate surface area is 154 Å². The van der Waals surface area contributed by atoms with Crippen LogP contribution in [0.4, 0.5) is 0 Å². The third-order valence-electron chi connectivity index (χ3n) is 3.27. The van der Waals surface area contributed by atoms with Gasteiger partial charge in [-0.25, -0.2) is 4.79 Å². The number of carbonyl (C=O) groups is 1. The predicted molar refractivity (Wildman–Crippen MR) is 98.0 cm³/mol. The number of hydrogen-bond donors (Lipinski definition) is 0. The zero-order chi connectivity index (χ0) is 19.4. The number of nitrogens with zero attached hydrogens (tertiary/aromatic N) is 2. The number of esters is 1. The maximum atomic E-state index is 10.5. The molecule has 2 aromatic rings. The Balaban J connectivity index is 0.000000276. The van der Waals surface area contributed by atoms with Crippen LogP contribution < -0.4 is 4.74 Å². The van der Waals surface area contributed by atoms with E-state index in [4.69, 9.17) is 18.6 Å². The van der Waals surface area contributed by atoms with Gasteiger partial charge in [0, 0.05) is 26.7 Å². The van der Waals surface area contributed by atoms with Crippen molar-refractivity contribution in [2.45, 2.75) is 26.7 Å². The number of rotatable bonds is 8. The normalized spacial score (nSPS) is 9.85. The predicted octanol–water partition coefficient (Wildman–Crippen LogP) is 3.50. The summed E-state index contributed by atoms with van der Waals surface area (Å²) in [5.41, 5.74) is 1.95. The Morgan fingerprint density at radius 1 is 1.19 bits per heavy atom. The van der Waals surface area contributed by atoms with Gasteiger partial charge in [-0.2, -0.15) is 0 Å². The van der Waals surface area contributed by atoms with Gasteiger partial charge in [0.05, 0.1) is 19.3 Å². The number of ether oxygens (including phenoxy) is 3. The summed E-state index contributed by atoms with van der Waals surface area (Å²) in [6, 6.07) is 5.84. The van der Waals surface area contributed by atoms with Crippen molar-refractivity contribution >= 4 is 5.97 Å². The highest BCUT2D eigenvalue weighted by Crippen LogP contribution is 2.29. The minimum Gasteiger partial charge on any atom is -0.496 e. The summed E-state index contributed by atoms with van der Waals surface area (Å²) in [5.74, 6) is 1.43. The van der Waals surface area contributed by atoms with E-state index in [2.05, 4.69) is 16.8 Å². The fourth-order valence-corrected chi connectivity index (χ4v) is 1.96. The highest BCUT2D eigenvalue weighted by atomic mass is 16.5. The van der Waals surface area contributed by atoms with E-state index in [0.717, 1.165) is 35.8 Å². The standard InChI is InChI=1S/C11H12N2O2.C8H14O3/c1-7-4-5-9(10(6-7)14-3)11-13-12-8(2)15-11;1-3-8(9)11-7-5-4-6-10-2/h4-6H,1-3H3;3H,1,4-7H2,2H3. The molecule has 0 spiro atoms. The number of carbonyl (C=O) groups excluding carboxylic acids is 1. The molecule has 0 saturated heterocycles. The molecule has 0 atom stereocenters. The minimum atomic E-state index is -0.359. The van der Waals surface area contributed by atoms with Crippen LogP contribution in [0, 0.1) is 13.8 Å². The Morgan fingerprint density at radius 3 is 2.50 bits per heavy atom. The van der Waals surface area contributed by atoms with E-state index < -0.39 is 0 Å². The van der Waals surface area contributed by atoms with Gasteiger partial charge in [-0.05, 0) is 37.5 Å². The average Bonchev–Trinajstić information content (AvgIpc) is 3.07. The van der Waals surface area contributed by atoms with Crippen LogP contribution in [0.5, 0.6) is 5.75 Å². The van der Waals surface area contributed by atoms with E-state index >= 15 is 0 Å². The largest absolute Gasteiger partial charge is 0.496 e. The van der Waals surface area contributed by atoms with E-state index in [1.165, 1.54) is 0 Å². The molecule has 1 aromatic carbocycles. The van der Waals surface area contributed by atoms with Crippen LogP contribution in [0.2, 0.25) is 0 Å². The lowest BCUT2D eigenvalue weighted by Gasteiger charge is -2.05. The van der Waals surface area contributed by atoms with Gasteiger partial charge in [0.15, 0.2) is 0 Å².